The van der Waals surface area contributed by atoms with Crippen LogP contribution in [-0.2, 0) is 4.74 Å². The van der Waals surface area contributed by atoms with E-state index in [9.17, 15) is 0 Å². The Bertz CT molecular complexity index is 893. The summed E-state index contributed by atoms with van der Waals surface area (Å²) in [6, 6.07) is 5.69. The highest BCUT2D eigenvalue weighted by atomic mass is 32.1. The summed E-state index contributed by atoms with van der Waals surface area (Å²) in [5, 5.41) is 1.06. The minimum absolute atomic E-state index is 0.661. The highest BCUT2D eigenvalue weighted by Gasteiger charge is 2.19. The van der Waals surface area contributed by atoms with Gasteiger partial charge in [-0.1, -0.05) is 0 Å². The molecule has 0 amide bonds. The van der Waals surface area contributed by atoms with E-state index >= 15 is 0 Å². The maximum absolute atomic E-state index is 5.41. The van der Waals surface area contributed by atoms with Gasteiger partial charge in [-0.3, -0.25) is 0 Å². The Morgan fingerprint density at radius 1 is 1.12 bits per heavy atom. The van der Waals surface area contributed by atoms with Crippen LogP contribution < -0.4 is 14.4 Å². The van der Waals surface area contributed by atoms with Gasteiger partial charge in [-0.15, -0.1) is 0 Å². The van der Waals surface area contributed by atoms with Gasteiger partial charge in [0.15, 0.2) is 17.1 Å². The lowest BCUT2D eigenvalue weighted by molar-refractivity contribution is 0.123. The molecule has 0 unspecified atom stereocenters. The van der Waals surface area contributed by atoms with Gasteiger partial charge >= 0.3 is 0 Å². The summed E-state index contributed by atoms with van der Waals surface area (Å²) in [5.74, 6) is 1.35. The average molecular weight is 358 g/mol. The Morgan fingerprint density at radius 3 is 2.68 bits per heavy atom. The SMILES string of the molecule is COc1ccc(-c2cnc3c(N4CCOCC4)snc3n2)cc1OC. The second-order valence-electron chi connectivity index (χ2n) is 5.58. The predicted molar refractivity (Wildman–Crippen MR) is 96.8 cm³/mol. The van der Waals surface area contributed by atoms with Crippen molar-refractivity contribution in [2.75, 3.05) is 45.4 Å². The Labute approximate surface area is 149 Å². The normalized spacial score (nSPS) is 14.7. The minimum atomic E-state index is 0.661. The van der Waals surface area contributed by atoms with Gasteiger partial charge in [-0.05, 0) is 29.7 Å². The van der Waals surface area contributed by atoms with Crippen LogP contribution in [0.25, 0.3) is 22.4 Å². The average Bonchev–Trinajstić information content (AvgIpc) is 3.11. The summed E-state index contributed by atoms with van der Waals surface area (Å²) in [7, 11) is 3.23. The largest absolute Gasteiger partial charge is 0.493 e. The fourth-order valence-electron chi connectivity index (χ4n) is 2.83. The van der Waals surface area contributed by atoms with Crippen LogP contribution in [0.5, 0.6) is 11.5 Å². The van der Waals surface area contributed by atoms with E-state index < -0.39 is 0 Å². The van der Waals surface area contributed by atoms with Crippen LogP contribution in [-0.4, -0.2) is 54.9 Å². The van der Waals surface area contributed by atoms with Gasteiger partial charge in [0, 0.05) is 18.7 Å². The first kappa shape index (κ1) is 16.0. The highest BCUT2D eigenvalue weighted by molar-refractivity contribution is 7.11. The van der Waals surface area contributed by atoms with Crippen LogP contribution in [0.2, 0.25) is 0 Å². The fraction of sp³-hybridized carbons (Fsp3) is 0.353. The molecule has 7 nitrogen and oxygen atoms in total. The first-order valence-corrected chi connectivity index (χ1v) is 8.75. The molecule has 3 aromatic rings. The van der Waals surface area contributed by atoms with Crippen molar-refractivity contribution in [3.63, 3.8) is 0 Å². The van der Waals surface area contributed by atoms with E-state index in [0.29, 0.717) is 17.1 Å². The molecule has 1 aromatic carbocycles. The van der Waals surface area contributed by atoms with Gasteiger partial charge in [-0.25, -0.2) is 9.97 Å². The lowest BCUT2D eigenvalue weighted by Crippen LogP contribution is -2.35. The smallest absolute Gasteiger partial charge is 0.194 e. The molecular formula is C17H18N4O3S. The molecule has 1 saturated heterocycles. The molecule has 0 aliphatic carbocycles. The summed E-state index contributed by atoms with van der Waals surface area (Å²) in [6.07, 6.45) is 1.78. The van der Waals surface area contributed by atoms with Gasteiger partial charge in [0.1, 0.15) is 10.5 Å². The summed E-state index contributed by atoms with van der Waals surface area (Å²) in [4.78, 5) is 11.6. The van der Waals surface area contributed by atoms with Crippen molar-refractivity contribution >= 4 is 27.7 Å². The number of anilines is 1. The molecule has 8 heteroatoms. The molecule has 1 aliphatic rings. The number of benzene rings is 1. The topological polar surface area (TPSA) is 69.6 Å². The van der Waals surface area contributed by atoms with Gasteiger partial charge in [0.05, 0.1) is 39.3 Å². The second kappa shape index (κ2) is 6.81. The van der Waals surface area contributed by atoms with Crippen LogP contribution in [0.1, 0.15) is 0 Å². The first-order valence-electron chi connectivity index (χ1n) is 7.97. The Kier molecular flexibility index (Phi) is 4.37. The minimum Gasteiger partial charge on any atom is -0.493 e. The maximum atomic E-state index is 5.41. The number of ether oxygens (including phenoxy) is 3. The molecule has 0 N–H and O–H groups in total. The van der Waals surface area contributed by atoms with Crippen molar-refractivity contribution in [3.8, 4) is 22.8 Å². The van der Waals surface area contributed by atoms with E-state index in [2.05, 4.69) is 19.2 Å². The zero-order valence-corrected chi connectivity index (χ0v) is 14.9. The number of hydrogen-bond donors (Lipinski definition) is 0. The van der Waals surface area contributed by atoms with Crippen LogP contribution in [0.4, 0.5) is 5.00 Å². The lowest BCUT2D eigenvalue weighted by Gasteiger charge is -2.26. The van der Waals surface area contributed by atoms with Crippen molar-refractivity contribution in [3.05, 3.63) is 24.4 Å². The van der Waals surface area contributed by atoms with E-state index in [0.717, 1.165) is 48.1 Å². The predicted octanol–water partition coefficient (Wildman–Crippen LogP) is 2.61. The first-order chi connectivity index (χ1) is 12.3. The van der Waals surface area contributed by atoms with Crippen LogP contribution >= 0.6 is 11.5 Å². The molecule has 25 heavy (non-hydrogen) atoms. The molecule has 0 bridgehead atoms. The Hall–Kier alpha value is -2.45. The van der Waals surface area contributed by atoms with Crippen molar-refractivity contribution in [1.29, 1.82) is 0 Å². The summed E-state index contributed by atoms with van der Waals surface area (Å²) in [6.45, 7) is 3.18. The summed E-state index contributed by atoms with van der Waals surface area (Å²) < 4.78 is 20.5. The fourth-order valence-corrected chi connectivity index (χ4v) is 3.66. The molecule has 0 saturated carbocycles. The number of rotatable bonds is 4. The van der Waals surface area contributed by atoms with E-state index in [1.165, 1.54) is 11.5 Å². The third-order valence-corrected chi connectivity index (χ3v) is 5.04. The Morgan fingerprint density at radius 2 is 1.92 bits per heavy atom. The number of hydrogen-bond acceptors (Lipinski definition) is 8. The zero-order valence-electron chi connectivity index (χ0n) is 14.1. The molecule has 130 valence electrons. The number of nitrogens with zero attached hydrogens (tertiary/aromatic N) is 4. The molecule has 3 heterocycles. The number of methoxy groups -OCH3 is 2. The van der Waals surface area contributed by atoms with E-state index in [1.807, 2.05) is 18.2 Å². The van der Waals surface area contributed by atoms with Crippen LogP contribution in [0, 0.1) is 0 Å². The van der Waals surface area contributed by atoms with Crippen molar-refractivity contribution < 1.29 is 14.2 Å². The van der Waals surface area contributed by atoms with Gasteiger partial charge < -0.3 is 19.1 Å². The molecule has 0 atom stereocenters. The number of aromatic nitrogens is 3. The van der Waals surface area contributed by atoms with Crippen molar-refractivity contribution in [1.82, 2.24) is 14.3 Å². The maximum Gasteiger partial charge on any atom is 0.194 e. The van der Waals surface area contributed by atoms with Crippen LogP contribution in [0.3, 0.4) is 0 Å². The molecule has 0 radical (unpaired) electrons. The molecule has 4 rings (SSSR count). The van der Waals surface area contributed by atoms with Crippen molar-refractivity contribution in [2.45, 2.75) is 0 Å². The highest BCUT2D eigenvalue weighted by Crippen LogP contribution is 2.34. The number of morpholine rings is 1. The summed E-state index contributed by atoms with van der Waals surface area (Å²) in [5.41, 5.74) is 3.18. The van der Waals surface area contributed by atoms with E-state index in [4.69, 9.17) is 14.2 Å². The monoisotopic (exact) mass is 358 g/mol. The van der Waals surface area contributed by atoms with E-state index in [-0.39, 0.29) is 0 Å². The summed E-state index contributed by atoms with van der Waals surface area (Å²) >= 11 is 1.44. The number of fused-ring (bicyclic) bond motifs is 1. The van der Waals surface area contributed by atoms with E-state index in [1.54, 1.807) is 20.4 Å². The molecule has 1 fully saturated rings. The lowest BCUT2D eigenvalue weighted by atomic mass is 10.1. The molecule has 1 aliphatic heterocycles. The molecule has 0 spiro atoms. The van der Waals surface area contributed by atoms with Gasteiger partial charge in [0.2, 0.25) is 0 Å². The Balaban J connectivity index is 1.70. The van der Waals surface area contributed by atoms with Crippen LogP contribution in [0.15, 0.2) is 24.4 Å². The standard InChI is InChI=1S/C17H18N4O3S/c1-22-13-4-3-11(9-14(13)23-2)12-10-18-15-16(19-12)20-25-17(15)21-5-7-24-8-6-21/h3-4,9-10H,5-8H2,1-2H3. The third-order valence-electron chi connectivity index (χ3n) is 4.15. The quantitative estimate of drug-likeness (QED) is 0.710. The molecular weight excluding hydrogens is 340 g/mol. The third kappa shape index (κ3) is 2.98. The van der Waals surface area contributed by atoms with Gasteiger partial charge in [0.25, 0.3) is 0 Å². The van der Waals surface area contributed by atoms with Crippen molar-refractivity contribution in [2.24, 2.45) is 0 Å². The zero-order chi connectivity index (χ0) is 17.2. The van der Waals surface area contributed by atoms with Gasteiger partial charge in [-0.2, -0.15) is 4.37 Å². The second-order valence-corrected chi connectivity index (χ2v) is 6.34. The molecule has 2 aromatic heterocycles.